The maximum atomic E-state index is 13.5. The fourth-order valence-corrected chi connectivity index (χ4v) is 7.12. The van der Waals surface area contributed by atoms with E-state index < -0.39 is 10.0 Å². The molecule has 0 saturated heterocycles. The Labute approximate surface area is 238 Å². The Morgan fingerprint density at radius 2 is 1.73 bits per heavy atom. The second-order valence-electron chi connectivity index (χ2n) is 9.30. The van der Waals surface area contributed by atoms with Crippen molar-refractivity contribution in [3.8, 4) is 23.0 Å². The van der Waals surface area contributed by atoms with Crippen LogP contribution in [-0.4, -0.2) is 40.6 Å². The van der Waals surface area contributed by atoms with Crippen LogP contribution in [0.15, 0.2) is 90.0 Å². The monoisotopic (exact) mass is 567 g/mol. The van der Waals surface area contributed by atoms with Gasteiger partial charge in [0.15, 0.2) is 0 Å². The molecule has 3 aromatic carbocycles. The van der Waals surface area contributed by atoms with Gasteiger partial charge in [0, 0.05) is 30.4 Å². The molecule has 0 spiro atoms. The molecule has 5 rings (SSSR count). The Kier molecular flexibility index (Phi) is 8.21. The van der Waals surface area contributed by atoms with Gasteiger partial charge in [-0.25, -0.2) is 18.1 Å². The Morgan fingerprint density at radius 3 is 2.42 bits per heavy atom. The highest BCUT2D eigenvalue weighted by Gasteiger charge is 2.24. The molecule has 5 aromatic rings. The number of rotatable bonds is 10. The molecule has 0 radical (unpaired) electrons. The van der Waals surface area contributed by atoms with E-state index in [1.54, 1.807) is 29.0 Å². The van der Waals surface area contributed by atoms with Crippen LogP contribution < -0.4 is 0 Å². The number of allylic oxidation sites excluding steroid dienone is 1. The van der Waals surface area contributed by atoms with Crippen LogP contribution in [0, 0.1) is 11.3 Å². The third-order valence-corrected chi connectivity index (χ3v) is 9.36. The van der Waals surface area contributed by atoms with Crippen molar-refractivity contribution in [2.45, 2.75) is 31.6 Å². The van der Waals surface area contributed by atoms with Gasteiger partial charge in [-0.1, -0.05) is 56.3 Å². The molecule has 0 atom stereocenters. The first-order valence-corrected chi connectivity index (χ1v) is 15.4. The molecule has 202 valence electrons. The topological polar surface area (TPSA) is 91.9 Å². The summed E-state index contributed by atoms with van der Waals surface area (Å²) in [7, 11) is -3.68. The van der Waals surface area contributed by atoms with Crippen LogP contribution in [0.4, 0.5) is 0 Å². The first kappa shape index (κ1) is 27.5. The fourth-order valence-electron chi connectivity index (χ4n) is 4.52. The summed E-state index contributed by atoms with van der Waals surface area (Å²) in [5.74, 6) is 0. The van der Waals surface area contributed by atoms with E-state index in [-0.39, 0.29) is 4.90 Å². The molecule has 0 aliphatic carbocycles. The summed E-state index contributed by atoms with van der Waals surface area (Å²) >= 11 is 1.46. The van der Waals surface area contributed by atoms with Crippen LogP contribution in [0.2, 0.25) is 0 Å². The van der Waals surface area contributed by atoms with E-state index in [9.17, 15) is 13.7 Å². The molecule has 40 heavy (non-hydrogen) atoms. The molecule has 0 N–H and O–H groups in total. The highest BCUT2D eigenvalue weighted by atomic mass is 32.2. The number of nitrogens with zero attached hydrogens (tertiary/aromatic N) is 5. The summed E-state index contributed by atoms with van der Waals surface area (Å²) in [5.41, 5.74) is 4.01. The van der Waals surface area contributed by atoms with Crippen LogP contribution >= 0.6 is 11.3 Å². The van der Waals surface area contributed by atoms with Gasteiger partial charge in [-0.2, -0.15) is 14.7 Å². The largest absolute Gasteiger partial charge is 0.243 e. The van der Waals surface area contributed by atoms with Crippen LogP contribution in [-0.2, 0) is 10.0 Å². The predicted octanol–water partition coefficient (Wildman–Crippen LogP) is 7.02. The predicted molar refractivity (Wildman–Crippen MR) is 161 cm³/mol. The highest BCUT2D eigenvalue weighted by molar-refractivity contribution is 7.89. The Hall–Kier alpha value is -4.10. The second kappa shape index (κ2) is 12.0. The van der Waals surface area contributed by atoms with Crippen LogP contribution in [0.3, 0.4) is 0 Å². The van der Waals surface area contributed by atoms with Gasteiger partial charge >= 0.3 is 0 Å². The molecule has 0 aliphatic rings. The number of sulfonamides is 1. The molecule has 0 fully saturated rings. The Morgan fingerprint density at radius 1 is 1.00 bits per heavy atom. The van der Waals surface area contributed by atoms with Gasteiger partial charge in [0.05, 0.1) is 26.4 Å². The van der Waals surface area contributed by atoms with E-state index >= 15 is 0 Å². The van der Waals surface area contributed by atoms with Gasteiger partial charge in [0.2, 0.25) is 10.0 Å². The van der Waals surface area contributed by atoms with Crippen molar-refractivity contribution in [2.75, 3.05) is 13.1 Å². The molecule has 0 aliphatic heterocycles. The second-order valence-corrected chi connectivity index (χ2v) is 12.3. The summed E-state index contributed by atoms with van der Waals surface area (Å²) in [6.45, 7) is 4.87. The van der Waals surface area contributed by atoms with E-state index in [2.05, 4.69) is 11.1 Å². The lowest BCUT2D eigenvalue weighted by Gasteiger charge is -2.21. The van der Waals surface area contributed by atoms with Crippen molar-refractivity contribution in [3.05, 3.63) is 95.6 Å². The molecule has 7 nitrogen and oxygen atoms in total. The van der Waals surface area contributed by atoms with Crippen LogP contribution in [0.25, 0.3) is 38.8 Å². The SMILES string of the molecule is CCCN(CCC)S(=O)(=O)c1cccc(-c2nn(-c3ccccc3)cc2C=C(C#N)c2nc3ccccc3s2)c1. The van der Waals surface area contributed by atoms with Crippen molar-refractivity contribution in [1.82, 2.24) is 19.1 Å². The zero-order valence-electron chi connectivity index (χ0n) is 22.4. The van der Waals surface area contributed by atoms with Crippen molar-refractivity contribution in [2.24, 2.45) is 0 Å². The molecule has 0 unspecified atom stereocenters. The standard InChI is InChI=1S/C31H29N5O2S2/c1-3-17-35(18-4-2)40(37,38)27-14-10-11-23(20-27)30-25(22-36(34-30)26-12-6-5-7-13-26)19-24(21-32)31-33-28-15-8-9-16-29(28)39-31/h5-16,19-20,22H,3-4,17-18H2,1-2H3. The van der Waals surface area contributed by atoms with Gasteiger partial charge in [-0.15, -0.1) is 11.3 Å². The smallest absolute Gasteiger partial charge is 0.240 e. The van der Waals surface area contributed by atoms with Crippen molar-refractivity contribution >= 4 is 43.2 Å². The Bertz CT molecular complexity index is 1780. The normalized spacial score (nSPS) is 12.2. The summed E-state index contributed by atoms with van der Waals surface area (Å²) in [6, 6.07) is 26.6. The molecule has 2 heterocycles. The molecule has 2 aromatic heterocycles. The van der Waals surface area contributed by atoms with Crippen LogP contribution in [0.1, 0.15) is 37.3 Å². The lowest BCUT2D eigenvalue weighted by molar-refractivity contribution is 0.410. The summed E-state index contributed by atoms with van der Waals surface area (Å²) in [6.07, 6.45) is 5.11. The number of hydrogen-bond acceptors (Lipinski definition) is 6. The molecule has 0 bridgehead atoms. The van der Waals surface area contributed by atoms with Gasteiger partial charge in [-0.3, -0.25) is 0 Å². The number of benzene rings is 3. The van der Waals surface area contributed by atoms with Gasteiger partial charge < -0.3 is 0 Å². The first-order chi connectivity index (χ1) is 19.4. The maximum Gasteiger partial charge on any atom is 0.243 e. The maximum absolute atomic E-state index is 13.5. The van der Waals surface area contributed by atoms with Gasteiger partial charge in [0.25, 0.3) is 0 Å². The summed E-state index contributed by atoms with van der Waals surface area (Å²) in [4.78, 5) is 4.89. The number of hydrogen-bond donors (Lipinski definition) is 0. The minimum absolute atomic E-state index is 0.225. The third-order valence-electron chi connectivity index (χ3n) is 6.40. The minimum atomic E-state index is -3.68. The van der Waals surface area contributed by atoms with Crippen molar-refractivity contribution in [3.63, 3.8) is 0 Å². The number of aromatic nitrogens is 3. The lowest BCUT2D eigenvalue weighted by Crippen LogP contribution is -2.32. The number of nitriles is 1. The number of para-hydroxylation sites is 2. The van der Waals surface area contributed by atoms with E-state index in [0.717, 1.165) is 28.7 Å². The molecule has 0 saturated carbocycles. The van der Waals surface area contributed by atoms with E-state index in [1.807, 2.05) is 80.7 Å². The molecule has 9 heteroatoms. The quantitative estimate of drug-likeness (QED) is 0.169. The van der Waals surface area contributed by atoms with Crippen LogP contribution in [0.5, 0.6) is 0 Å². The lowest BCUT2D eigenvalue weighted by atomic mass is 10.1. The molecule has 0 amide bonds. The molecular weight excluding hydrogens is 539 g/mol. The number of thiazole rings is 1. The van der Waals surface area contributed by atoms with E-state index in [1.165, 1.54) is 15.6 Å². The Balaban J connectivity index is 1.64. The fraction of sp³-hybridized carbons (Fsp3) is 0.194. The molecular formula is C31H29N5O2S2. The first-order valence-electron chi connectivity index (χ1n) is 13.2. The van der Waals surface area contributed by atoms with Crippen molar-refractivity contribution in [1.29, 1.82) is 5.26 Å². The zero-order chi connectivity index (χ0) is 28.1. The van der Waals surface area contributed by atoms with Gasteiger partial charge in [-0.05, 0) is 55.3 Å². The average Bonchev–Trinajstić information content (AvgIpc) is 3.61. The zero-order valence-corrected chi connectivity index (χ0v) is 24.0. The summed E-state index contributed by atoms with van der Waals surface area (Å²) in [5, 5.41) is 15.6. The van der Waals surface area contributed by atoms with Gasteiger partial charge in [0.1, 0.15) is 16.8 Å². The highest BCUT2D eigenvalue weighted by Crippen LogP contribution is 2.32. The summed E-state index contributed by atoms with van der Waals surface area (Å²) < 4.78 is 31.4. The van der Waals surface area contributed by atoms with Crippen molar-refractivity contribution < 1.29 is 8.42 Å². The van der Waals surface area contributed by atoms with E-state index in [0.29, 0.717) is 40.5 Å². The third kappa shape index (κ3) is 5.61. The average molecular weight is 568 g/mol. The van der Waals surface area contributed by atoms with E-state index in [4.69, 9.17) is 5.10 Å². The minimum Gasteiger partial charge on any atom is -0.240 e. The number of fused-ring (bicyclic) bond motifs is 1.